The summed E-state index contributed by atoms with van der Waals surface area (Å²) >= 11 is 0. The van der Waals surface area contributed by atoms with Gasteiger partial charge in [-0.2, -0.15) is 0 Å². The molecule has 0 aliphatic rings. The van der Waals surface area contributed by atoms with Gasteiger partial charge >= 0.3 is 157 Å². The van der Waals surface area contributed by atoms with Gasteiger partial charge in [0.2, 0.25) is 20.8 Å². The fourth-order valence-corrected chi connectivity index (χ4v) is 0.612. The van der Waals surface area contributed by atoms with Crippen LogP contribution in [0.2, 0.25) is 0 Å². The Bertz CT molecular complexity index is 259. The van der Waals surface area contributed by atoms with Gasteiger partial charge in [0.05, 0.1) is 0 Å². The van der Waals surface area contributed by atoms with Gasteiger partial charge in [0.25, 0.3) is 0 Å². The average Bonchev–Trinajstić information content (AvgIpc) is 1.57. The van der Waals surface area contributed by atoms with E-state index in [-0.39, 0.29) is 157 Å². The van der Waals surface area contributed by atoms with Gasteiger partial charge in [-0.3, -0.25) is 0 Å². The van der Waals surface area contributed by atoms with Gasteiger partial charge in [0.1, 0.15) is 0 Å². The summed E-state index contributed by atoms with van der Waals surface area (Å²) in [6.07, 6.45) is 0. The van der Waals surface area contributed by atoms with Crippen molar-refractivity contribution in [2.24, 2.45) is 0 Å². The van der Waals surface area contributed by atoms with Crippen molar-refractivity contribution >= 4 is 75.4 Å². The molecule has 0 atom stereocenters. The monoisotopic (exact) mass is 690 g/mol. The summed E-state index contributed by atoms with van der Waals surface area (Å²) in [6, 6.07) is 0. The predicted octanol–water partition coefficient (Wildman–Crippen LogP) is -9.97. The van der Waals surface area contributed by atoms with Crippen molar-refractivity contribution in [3.8, 4) is 0 Å². The molecular weight excluding hydrogens is 685 g/mol. The van der Waals surface area contributed by atoms with Gasteiger partial charge in [-0.15, -0.1) is 8.67 Å². The van der Waals surface area contributed by atoms with Crippen LogP contribution in [0.5, 0.6) is 0 Å². The molecule has 0 spiro atoms. The number of hydrogen-bond acceptors (Lipinski definition) is 8. The molecule has 74 valence electrons. The Morgan fingerprint density at radius 1 is 0.714 bits per heavy atom. The van der Waals surface area contributed by atoms with E-state index in [0.29, 0.717) is 0 Å². The number of hydrogen-bond donors (Lipinski definition) is 0. The van der Waals surface area contributed by atoms with Gasteiger partial charge < -0.3 is 9.11 Å². The van der Waals surface area contributed by atoms with Crippen LogP contribution in [0.4, 0.5) is 0 Å². The van der Waals surface area contributed by atoms with E-state index in [1.54, 1.807) is 0 Å². The van der Waals surface area contributed by atoms with Crippen LogP contribution in [0.3, 0.4) is 0 Å². The van der Waals surface area contributed by atoms with Crippen LogP contribution in [-0.4, -0.2) is 80.5 Å². The van der Waals surface area contributed by atoms with Gasteiger partial charge in [0.15, 0.2) is 0 Å². The molecule has 0 bridgehead atoms. The van der Waals surface area contributed by atoms with Crippen molar-refractivity contribution in [2.75, 3.05) is 0 Å². The van der Waals surface area contributed by atoms with Crippen molar-refractivity contribution in [3.63, 3.8) is 0 Å². The Kier molecular flexibility index (Phi) is 31.9. The van der Waals surface area contributed by atoms with E-state index in [1.165, 1.54) is 0 Å². The molecule has 0 aliphatic heterocycles. The predicted molar refractivity (Wildman–Crippen MR) is 38.7 cm³/mol. The summed E-state index contributed by atoms with van der Waals surface area (Å²) in [5.41, 5.74) is 0. The Labute approximate surface area is 207 Å². The van der Waals surface area contributed by atoms with E-state index in [1.807, 2.05) is 0 Å². The average molecular weight is 689 g/mol. The van der Waals surface area contributed by atoms with Crippen LogP contribution in [0.1, 0.15) is 0 Å². The molecule has 14 heteroatoms. The zero-order chi connectivity index (χ0) is 8.41. The Hall–Kier alpha value is 4.86. The second kappa shape index (κ2) is 14.3. The molecule has 0 aromatic rings. The molecule has 0 saturated heterocycles. The fourth-order valence-electron chi connectivity index (χ4n) is 0.0680. The van der Waals surface area contributed by atoms with E-state index in [0.717, 1.165) is 0 Å². The third-order valence-electron chi connectivity index (χ3n) is 0.194. The molecular formula is H4K2O8Pb2S2. The minimum absolute atomic E-state index is 0. The molecule has 0 aliphatic carbocycles. The first-order valence-electron chi connectivity index (χ1n) is 1.50. The summed E-state index contributed by atoms with van der Waals surface area (Å²) in [4.78, 5) is 0. The normalized spacial score (nSPS) is 9.57. The van der Waals surface area contributed by atoms with Crippen molar-refractivity contribution < 1.29 is 137 Å². The van der Waals surface area contributed by atoms with Crippen molar-refractivity contribution in [2.45, 2.75) is 0 Å². The second-order valence-electron chi connectivity index (χ2n) is 0.953. The third-order valence-corrected chi connectivity index (χ3v) is 0.750. The summed E-state index contributed by atoms with van der Waals surface area (Å²) in [6.45, 7) is 0. The summed E-state index contributed by atoms with van der Waals surface area (Å²) in [5.74, 6) is 0. The van der Waals surface area contributed by atoms with Gasteiger partial charge in [-0.25, -0.2) is 16.8 Å². The molecule has 0 rings (SSSR count). The molecule has 0 N–H and O–H groups in total. The van der Waals surface area contributed by atoms with Crippen molar-refractivity contribution in [3.05, 3.63) is 0 Å². The Balaban J connectivity index is -0.0000000675. The molecule has 0 saturated carbocycles. The van der Waals surface area contributed by atoms with Gasteiger partial charge in [0, 0.05) is 0 Å². The first kappa shape index (κ1) is 31.3. The minimum atomic E-state index is -5.31. The Morgan fingerprint density at radius 2 is 0.857 bits per heavy atom. The van der Waals surface area contributed by atoms with Crippen molar-refractivity contribution in [1.29, 1.82) is 0 Å². The zero-order valence-electron chi connectivity index (χ0n) is 7.50. The van der Waals surface area contributed by atoms with Crippen LogP contribution in [-0.2, 0) is 29.5 Å². The van der Waals surface area contributed by atoms with E-state index in [9.17, 15) is 25.9 Å². The molecule has 14 heavy (non-hydrogen) atoms. The molecule has 0 fully saturated rings. The van der Waals surface area contributed by atoms with Crippen LogP contribution < -0.4 is 103 Å². The molecule has 0 aromatic carbocycles. The van der Waals surface area contributed by atoms with Gasteiger partial charge in [-0.05, 0) is 0 Å². The quantitative estimate of drug-likeness (QED) is 0.0940. The molecule has 0 unspecified atom stereocenters. The zero-order valence-corrected chi connectivity index (χ0v) is 26.4. The van der Waals surface area contributed by atoms with Gasteiger partial charge in [-0.1, -0.05) is 0 Å². The maximum absolute atomic E-state index is 9.37. The fraction of sp³-hybridized carbons (Fsp3) is 0. The summed E-state index contributed by atoms with van der Waals surface area (Å²) in [5, 5.41) is 0. The SMILES string of the molecule is O=S(=O)([O-])OOS(=O)(=O)[O-].[K+].[K+].[PbH2].[PbH2]. The summed E-state index contributed by atoms with van der Waals surface area (Å²) < 4.78 is 61.5. The van der Waals surface area contributed by atoms with E-state index >= 15 is 0 Å². The first-order chi connectivity index (χ1) is 4.21. The maximum atomic E-state index is 9.37. The standard InChI is InChI=1S/2K.H2O8S2.2Pb.4H/c;;1-9(2,3)7-8-10(4,5)6;;;;;;/h;;(H,1,2,3)(H,4,5,6);;;;;;/q2*+1;;;;;;;/p-2. The third kappa shape index (κ3) is 30.1. The molecule has 0 aromatic heterocycles. The molecule has 4 radical (unpaired) electrons. The van der Waals surface area contributed by atoms with E-state index in [4.69, 9.17) is 0 Å². The van der Waals surface area contributed by atoms with Crippen LogP contribution in [0.15, 0.2) is 0 Å². The van der Waals surface area contributed by atoms with E-state index in [2.05, 4.69) is 8.67 Å². The van der Waals surface area contributed by atoms with Crippen LogP contribution >= 0.6 is 0 Å². The van der Waals surface area contributed by atoms with E-state index < -0.39 is 20.8 Å². The molecule has 8 nitrogen and oxygen atoms in total. The van der Waals surface area contributed by atoms with Crippen LogP contribution in [0, 0.1) is 0 Å². The molecule has 0 heterocycles. The molecule has 0 amide bonds. The second-order valence-corrected chi connectivity index (χ2v) is 2.86. The first-order valence-corrected chi connectivity index (χ1v) is 4.17. The topological polar surface area (TPSA) is 133 Å². The van der Waals surface area contributed by atoms with Crippen LogP contribution in [0.25, 0.3) is 0 Å². The number of rotatable bonds is 3. The Morgan fingerprint density at radius 3 is 0.929 bits per heavy atom. The summed E-state index contributed by atoms with van der Waals surface area (Å²) in [7, 11) is -10.6. The van der Waals surface area contributed by atoms with Crippen molar-refractivity contribution in [1.82, 2.24) is 0 Å².